The number of H-pyrrole nitrogens is 1. The topological polar surface area (TPSA) is 75.3 Å². The van der Waals surface area contributed by atoms with E-state index in [2.05, 4.69) is 41.1 Å². The van der Waals surface area contributed by atoms with Crippen LogP contribution in [-0.4, -0.2) is 58.8 Å². The number of aromatic amines is 1. The summed E-state index contributed by atoms with van der Waals surface area (Å²) >= 11 is 3.46. The predicted octanol–water partition coefficient (Wildman–Crippen LogP) is 3.99. The molecule has 4 heterocycles. The molecule has 0 unspecified atom stereocenters. The van der Waals surface area contributed by atoms with Crippen LogP contribution in [0.4, 0.5) is 19.0 Å². The molecule has 3 aromatic rings. The van der Waals surface area contributed by atoms with Gasteiger partial charge in [-0.3, -0.25) is 4.90 Å². The molecule has 2 aromatic heterocycles. The zero-order chi connectivity index (χ0) is 21.6. The molecule has 164 valence electrons. The van der Waals surface area contributed by atoms with Crippen LogP contribution in [0.15, 0.2) is 35.1 Å². The van der Waals surface area contributed by atoms with Gasteiger partial charge in [0.05, 0.1) is 30.7 Å². The number of hydrogen-bond donors (Lipinski definition) is 2. The van der Waals surface area contributed by atoms with Gasteiger partial charge in [0.1, 0.15) is 35.8 Å². The Morgan fingerprint density at radius 1 is 1.16 bits per heavy atom. The Morgan fingerprint density at radius 3 is 2.74 bits per heavy atom. The largest absolute Gasteiger partial charge is 0.491 e. The standard InChI is InChI=1S/C20H19BrF3N5O2/c21-11-1-2-12-15(7-11)31-9-14(29-3-5-30-6-4-29)17(12)28-19-13-8-16(20(22,23)24)27-18(13)25-10-26-19/h1-2,7-8,10,14,17H,3-6,9H2,(H2,25,26,27,28)/t14-,17-/m0/s1. The number of alkyl halides is 3. The number of hydrogen-bond acceptors (Lipinski definition) is 6. The second-order valence-corrected chi connectivity index (χ2v) is 8.41. The van der Waals surface area contributed by atoms with Gasteiger partial charge in [0.2, 0.25) is 0 Å². The van der Waals surface area contributed by atoms with Gasteiger partial charge in [-0.25, -0.2) is 9.97 Å². The Balaban J connectivity index is 1.55. The number of nitrogens with one attached hydrogen (secondary N) is 2. The Hall–Kier alpha value is -2.37. The van der Waals surface area contributed by atoms with Gasteiger partial charge in [0.25, 0.3) is 0 Å². The summed E-state index contributed by atoms with van der Waals surface area (Å²) in [7, 11) is 0. The molecule has 0 aliphatic carbocycles. The van der Waals surface area contributed by atoms with Crippen molar-refractivity contribution in [1.82, 2.24) is 19.9 Å². The third-order valence-electron chi connectivity index (χ3n) is 5.64. The van der Waals surface area contributed by atoms with Crippen molar-refractivity contribution >= 4 is 32.8 Å². The second kappa shape index (κ2) is 7.95. The summed E-state index contributed by atoms with van der Waals surface area (Å²) in [5.74, 6) is 1.07. The molecule has 0 spiro atoms. The number of morpholine rings is 1. The molecule has 5 rings (SSSR count). The zero-order valence-corrected chi connectivity index (χ0v) is 17.8. The molecule has 1 saturated heterocycles. The number of fused-ring (bicyclic) bond motifs is 2. The average molecular weight is 498 g/mol. The van der Waals surface area contributed by atoms with Gasteiger partial charge >= 0.3 is 6.18 Å². The normalized spacial score (nSPS) is 22.2. The van der Waals surface area contributed by atoms with Crippen LogP contribution in [0, 0.1) is 0 Å². The van der Waals surface area contributed by atoms with E-state index in [0.717, 1.165) is 34.9 Å². The summed E-state index contributed by atoms with van der Waals surface area (Å²) in [6.07, 6.45) is -3.24. The van der Waals surface area contributed by atoms with E-state index in [0.29, 0.717) is 31.0 Å². The molecule has 31 heavy (non-hydrogen) atoms. The second-order valence-electron chi connectivity index (χ2n) is 7.50. The Morgan fingerprint density at radius 2 is 1.97 bits per heavy atom. The van der Waals surface area contributed by atoms with Gasteiger partial charge in [-0.1, -0.05) is 22.0 Å². The van der Waals surface area contributed by atoms with Crippen molar-refractivity contribution in [1.29, 1.82) is 0 Å². The molecular weight excluding hydrogens is 479 g/mol. The fourth-order valence-electron chi connectivity index (χ4n) is 4.12. The number of ether oxygens (including phenoxy) is 2. The fraction of sp³-hybridized carbons (Fsp3) is 0.400. The van der Waals surface area contributed by atoms with Crippen molar-refractivity contribution in [3.63, 3.8) is 0 Å². The predicted molar refractivity (Wildman–Crippen MR) is 111 cm³/mol. The van der Waals surface area contributed by atoms with Gasteiger partial charge in [-0.2, -0.15) is 13.2 Å². The first-order valence-electron chi connectivity index (χ1n) is 9.81. The summed E-state index contributed by atoms with van der Waals surface area (Å²) in [5.41, 5.74) is 0.201. The van der Waals surface area contributed by atoms with Gasteiger partial charge < -0.3 is 19.8 Å². The fourth-order valence-corrected chi connectivity index (χ4v) is 4.46. The highest BCUT2D eigenvalue weighted by atomic mass is 79.9. The highest BCUT2D eigenvalue weighted by molar-refractivity contribution is 9.10. The number of nitrogens with zero attached hydrogens (tertiary/aromatic N) is 3. The maximum atomic E-state index is 13.2. The summed E-state index contributed by atoms with van der Waals surface area (Å²) in [5, 5.41) is 3.69. The number of aromatic nitrogens is 3. The lowest BCUT2D eigenvalue weighted by Gasteiger charge is -2.42. The zero-order valence-electron chi connectivity index (χ0n) is 16.2. The average Bonchev–Trinajstić information content (AvgIpc) is 3.20. The highest BCUT2D eigenvalue weighted by Crippen LogP contribution is 2.39. The maximum absolute atomic E-state index is 13.2. The summed E-state index contributed by atoms with van der Waals surface area (Å²) in [6, 6.07) is 6.55. The molecule has 2 N–H and O–H groups in total. The van der Waals surface area contributed by atoms with Crippen molar-refractivity contribution < 1.29 is 22.6 Å². The van der Waals surface area contributed by atoms with Crippen LogP contribution in [0.2, 0.25) is 0 Å². The molecule has 2 aliphatic heterocycles. The molecular formula is C20H19BrF3N5O2. The summed E-state index contributed by atoms with van der Waals surface area (Å²) in [4.78, 5) is 12.9. The van der Waals surface area contributed by atoms with E-state index in [1.165, 1.54) is 6.33 Å². The lowest BCUT2D eigenvalue weighted by atomic mass is 9.94. The highest BCUT2D eigenvalue weighted by Gasteiger charge is 2.37. The molecule has 7 nitrogen and oxygen atoms in total. The number of benzene rings is 1. The molecule has 2 aliphatic rings. The van der Waals surface area contributed by atoms with E-state index in [1.54, 1.807) is 0 Å². The van der Waals surface area contributed by atoms with Crippen molar-refractivity contribution in [3.8, 4) is 5.75 Å². The van der Waals surface area contributed by atoms with E-state index in [9.17, 15) is 13.2 Å². The van der Waals surface area contributed by atoms with Crippen molar-refractivity contribution in [2.75, 3.05) is 38.2 Å². The summed E-state index contributed by atoms with van der Waals surface area (Å²) < 4.78 is 52.1. The number of halogens is 4. The Kier molecular flexibility index (Phi) is 5.27. The van der Waals surface area contributed by atoms with Gasteiger partial charge in [0.15, 0.2) is 0 Å². The van der Waals surface area contributed by atoms with Gasteiger partial charge in [0, 0.05) is 23.1 Å². The number of anilines is 1. The third kappa shape index (κ3) is 3.97. The van der Waals surface area contributed by atoms with Crippen LogP contribution < -0.4 is 10.1 Å². The molecule has 0 amide bonds. The molecule has 1 aromatic carbocycles. The molecule has 11 heteroatoms. The van der Waals surface area contributed by atoms with Crippen molar-refractivity contribution in [2.24, 2.45) is 0 Å². The van der Waals surface area contributed by atoms with Crippen LogP contribution in [0.25, 0.3) is 11.0 Å². The minimum Gasteiger partial charge on any atom is -0.491 e. The first-order chi connectivity index (χ1) is 14.9. The lowest BCUT2D eigenvalue weighted by Crippen LogP contribution is -2.52. The van der Waals surface area contributed by atoms with E-state index in [1.807, 2.05) is 18.2 Å². The van der Waals surface area contributed by atoms with Crippen molar-refractivity contribution in [3.05, 3.63) is 46.3 Å². The molecule has 0 radical (unpaired) electrons. The lowest BCUT2D eigenvalue weighted by molar-refractivity contribution is -0.140. The molecule has 2 atom stereocenters. The monoisotopic (exact) mass is 497 g/mol. The third-order valence-corrected chi connectivity index (χ3v) is 6.14. The summed E-state index contributed by atoms with van der Waals surface area (Å²) in [6.45, 7) is 3.19. The quantitative estimate of drug-likeness (QED) is 0.569. The van der Waals surface area contributed by atoms with Gasteiger partial charge in [-0.15, -0.1) is 0 Å². The van der Waals surface area contributed by atoms with E-state index in [-0.39, 0.29) is 17.7 Å². The first kappa shape index (κ1) is 20.5. The van der Waals surface area contributed by atoms with Crippen molar-refractivity contribution in [2.45, 2.75) is 18.3 Å². The molecule has 0 saturated carbocycles. The van der Waals surface area contributed by atoms with Crippen LogP contribution >= 0.6 is 15.9 Å². The van der Waals surface area contributed by atoms with Crippen LogP contribution in [0.5, 0.6) is 5.75 Å². The minimum absolute atomic E-state index is 0.0383. The van der Waals surface area contributed by atoms with Crippen LogP contribution in [0.1, 0.15) is 17.3 Å². The SMILES string of the molecule is FC(F)(F)c1cc2c(N[C@H]3c4ccc(Br)cc4OC[C@@H]3N3CCOCC3)ncnc2[nH]1. The smallest absolute Gasteiger partial charge is 0.431 e. The van der Waals surface area contributed by atoms with Crippen LogP contribution in [0.3, 0.4) is 0 Å². The minimum atomic E-state index is -4.49. The molecule has 1 fully saturated rings. The van der Waals surface area contributed by atoms with E-state index >= 15 is 0 Å². The molecule has 0 bridgehead atoms. The van der Waals surface area contributed by atoms with E-state index < -0.39 is 11.9 Å². The Bertz CT molecular complexity index is 1100. The number of rotatable bonds is 3. The first-order valence-corrected chi connectivity index (χ1v) is 10.6. The Labute approximate surface area is 184 Å². The maximum Gasteiger partial charge on any atom is 0.431 e. The van der Waals surface area contributed by atoms with Gasteiger partial charge in [-0.05, 0) is 18.2 Å². The van der Waals surface area contributed by atoms with E-state index in [4.69, 9.17) is 9.47 Å². The van der Waals surface area contributed by atoms with Crippen LogP contribution in [-0.2, 0) is 10.9 Å².